The number of hydrogen-bond acceptors (Lipinski definition) is 2. The quantitative estimate of drug-likeness (QED) is 0.409. The summed E-state index contributed by atoms with van der Waals surface area (Å²) in [7, 11) is 0. The van der Waals surface area contributed by atoms with Gasteiger partial charge in [-0.05, 0) is 68.7 Å². The summed E-state index contributed by atoms with van der Waals surface area (Å²) in [6.45, 7) is 8.73. The lowest BCUT2D eigenvalue weighted by Gasteiger charge is -2.43. The average molecular weight is 395 g/mol. The minimum Gasteiger partial charge on any atom is -0.464 e. The summed E-state index contributed by atoms with van der Waals surface area (Å²) in [5.74, 6) is 1.50. The normalized spacial score (nSPS) is 18.4. The van der Waals surface area contributed by atoms with Crippen molar-refractivity contribution in [2.45, 2.75) is 91.0 Å². The van der Waals surface area contributed by atoms with Gasteiger partial charge in [0.1, 0.15) is 5.75 Å². The van der Waals surface area contributed by atoms with E-state index in [4.69, 9.17) is 9.47 Å². The van der Waals surface area contributed by atoms with E-state index in [1.807, 2.05) is 0 Å². The Hall–Kier alpha value is -1.80. The summed E-state index contributed by atoms with van der Waals surface area (Å²) in [5.41, 5.74) is 2.78. The molecule has 1 fully saturated rings. The Kier molecular flexibility index (Phi) is 7.77. The van der Waals surface area contributed by atoms with Crippen LogP contribution >= 0.6 is 0 Å². The van der Waals surface area contributed by atoms with Crippen molar-refractivity contribution in [2.24, 2.45) is 5.41 Å². The lowest BCUT2D eigenvalue weighted by atomic mass is 9.69. The highest BCUT2D eigenvalue weighted by molar-refractivity contribution is 5.29. The molecule has 0 heterocycles. The van der Waals surface area contributed by atoms with E-state index in [2.05, 4.69) is 82.3 Å². The van der Waals surface area contributed by atoms with Crippen LogP contribution < -0.4 is 4.74 Å². The zero-order valence-corrected chi connectivity index (χ0v) is 18.7. The third-order valence-corrected chi connectivity index (χ3v) is 6.45. The molecule has 0 N–H and O–H groups in total. The molecule has 2 atom stereocenters. The van der Waals surface area contributed by atoms with Crippen molar-refractivity contribution in [3.63, 3.8) is 0 Å². The molecule has 158 valence electrons. The molecular weight excluding hydrogens is 356 g/mol. The second-order valence-corrected chi connectivity index (χ2v) is 9.10. The van der Waals surface area contributed by atoms with Crippen LogP contribution in [-0.4, -0.2) is 12.4 Å². The zero-order chi connectivity index (χ0) is 20.7. The topological polar surface area (TPSA) is 18.5 Å². The fraction of sp³-hybridized carbons (Fsp3) is 0.556. The first-order valence-corrected chi connectivity index (χ1v) is 11.5. The first-order valence-electron chi connectivity index (χ1n) is 11.5. The molecular formula is C27H38O2. The van der Waals surface area contributed by atoms with Gasteiger partial charge in [0.15, 0.2) is 0 Å². The van der Waals surface area contributed by atoms with Crippen LogP contribution in [0.15, 0.2) is 54.6 Å². The van der Waals surface area contributed by atoms with Crippen molar-refractivity contribution in [1.82, 2.24) is 0 Å². The molecule has 0 bridgehead atoms. The number of benzene rings is 2. The smallest absolute Gasteiger partial charge is 0.206 e. The Morgan fingerprint density at radius 1 is 0.862 bits per heavy atom. The van der Waals surface area contributed by atoms with Gasteiger partial charge in [0, 0.05) is 5.41 Å². The Morgan fingerprint density at radius 2 is 1.52 bits per heavy atom. The molecule has 3 rings (SSSR count). The molecule has 2 aromatic rings. The van der Waals surface area contributed by atoms with Crippen LogP contribution in [-0.2, 0) is 11.2 Å². The second-order valence-electron chi connectivity index (χ2n) is 9.10. The third kappa shape index (κ3) is 5.85. The van der Waals surface area contributed by atoms with Gasteiger partial charge in [-0.2, -0.15) is 0 Å². The number of hydrogen-bond donors (Lipinski definition) is 0. The summed E-state index contributed by atoms with van der Waals surface area (Å²) in [4.78, 5) is 0. The largest absolute Gasteiger partial charge is 0.464 e. The molecule has 1 aliphatic carbocycles. The van der Waals surface area contributed by atoms with E-state index in [1.54, 1.807) is 0 Å². The summed E-state index contributed by atoms with van der Waals surface area (Å²) in [5, 5.41) is 0. The van der Waals surface area contributed by atoms with Gasteiger partial charge in [-0.3, -0.25) is 0 Å². The predicted octanol–water partition coefficient (Wildman–Crippen LogP) is 7.52. The molecule has 2 nitrogen and oxygen atoms in total. The number of rotatable bonds is 9. The molecule has 2 heteroatoms. The van der Waals surface area contributed by atoms with Crippen LogP contribution in [0.4, 0.5) is 0 Å². The molecule has 2 aromatic carbocycles. The molecule has 0 aliphatic heterocycles. The zero-order valence-electron chi connectivity index (χ0n) is 18.7. The van der Waals surface area contributed by atoms with Crippen LogP contribution in [0.3, 0.4) is 0 Å². The highest BCUT2D eigenvalue weighted by atomic mass is 16.7. The monoisotopic (exact) mass is 394 g/mol. The van der Waals surface area contributed by atoms with Crippen LogP contribution in [0.5, 0.6) is 5.75 Å². The molecule has 29 heavy (non-hydrogen) atoms. The van der Waals surface area contributed by atoms with Gasteiger partial charge in [-0.25, -0.2) is 0 Å². The van der Waals surface area contributed by atoms with E-state index >= 15 is 0 Å². The van der Waals surface area contributed by atoms with E-state index < -0.39 is 0 Å². The fourth-order valence-electron chi connectivity index (χ4n) is 4.53. The van der Waals surface area contributed by atoms with Gasteiger partial charge >= 0.3 is 0 Å². The molecule has 0 spiro atoms. The maximum Gasteiger partial charge on any atom is 0.206 e. The van der Waals surface area contributed by atoms with Crippen molar-refractivity contribution in [1.29, 1.82) is 0 Å². The van der Waals surface area contributed by atoms with Crippen molar-refractivity contribution < 1.29 is 9.47 Å². The maximum atomic E-state index is 6.59. The Morgan fingerprint density at radius 3 is 2.10 bits per heavy atom. The van der Waals surface area contributed by atoms with E-state index in [9.17, 15) is 0 Å². The molecule has 1 saturated carbocycles. The van der Waals surface area contributed by atoms with Gasteiger partial charge < -0.3 is 9.47 Å². The molecule has 0 amide bonds. The third-order valence-electron chi connectivity index (χ3n) is 6.45. The SMILES string of the molecule is CCC(C)c1ccc(OC(OC(C)C)C2(Cc3ccccc3)CCCCC2)cc1. The lowest BCUT2D eigenvalue weighted by molar-refractivity contribution is -0.188. The lowest BCUT2D eigenvalue weighted by Crippen LogP contribution is -2.45. The van der Waals surface area contributed by atoms with Gasteiger partial charge in [-0.15, -0.1) is 0 Å². The van der Waals surface area contributed by atoms with Crippen molar-refractivity contribution >= 4 is 0 Å². The Bertz CT molecular complexity index is 714. The van der Waals surface area contributed by atoms with Crippen molar-refractivity contribution in [2.75, 3.05) is 0 Å². The van der Waals surface area contributed by atoms with Gasteiger partial charge in [0.25, 0.3) is 0 Å². The highest BCUT2D eigenvalue weighted by Crippen LogP contribution is 2.44. The van der Waals surface area contributed by atoms with E-state index in [0.29, 0.717) is 5.92 Å². The average Bonchev–Trinajstić information content (AvgIpc) is 2.74. The second kappa shape index (κ2) is 10.3. The minimum absolute atomic E-state index is 0.0270. The standard InChI is InChI=1S/C27H38O2/c1-5-22(4)24-14-16-25(17-15-24)29-26(28-21(2)3)27(18-10-7-11-19-27)20-23-12-8-6-9-13-23/h6,8-9,12-17,21-22,26H,5,7,10-11,18-20H2,1-4H3. The molecule has 2 unspecified atom stereocenters. The number of ether oxygens (including phenoxy) is 2. The predicted molar refractivity (Wildman–Crippen MR) is 121 cm³/mol. The van der Waals surface area contributed by atoms with Crippen molar-refractivity contribution in [3.05, 3.63) is 65.7 Å². The van der Waals surface area contributed by atoms with E-state index in [1.165, 1.54) is 30.4 Å². The van der Waals surface area contributed by atoms with Gasteiger partial charge in [0.05, 0.1) is 6.10 Å². The minimum atomic E-state index is -0.225. The Labute approximate surface area is 177 Å². The molecule has 1 aliphatic rings. The summed E-state index contributed by atoms with van der Waals surface area (Å²) < 4.78 is 13.0. The van der Waals surface area contributed by atoms with Crippen LogP contribution in [0.1, 0.15) is 83.3 Å². The summed E-state index contributed by atoms with van der Waals surface area (Å²) in [6, 6.07) is 19.5. The van der Waals surface area contributed by atoms with Crippen LogP contribution in [0.25, 0.3) is 0 Å². The van der Waals surface area contributed by atoms with E-state index in [-0.39, 0.29) is 17.8 Å². The summed E-state index contributed by atoms with van der Waals surface area (Å²) >= 11 is 0. The maximum absolute atomic E-state index is 6.59. The van der Waals surface area contributed by atoms with Gasteiger partial charge in [-0.1, -0.05) is 75.6 Å². The fourth-order valence-corrected chi connectivity index (χ4v) is 4.53. The molecule has 0 saturated heterocycles. The Balaban J connectivity index is 1.85. The first kappa shape index (κ1) is 21.9. The van der Waals surface area contributed by atoms with Crippen LogP contribution in [0, 0.1) is 5.41 Å². The van der Waals surface area contributed by atoms with Crippen molar-refractivity contribution in [3.8, 4) is 5.75 Å². The molecule has 0 aromatic heterocycles. The van der Waals surface area contributed by atoms with E-state index in [0.717, 1.165) is 31.4 Å². The van der Waals surface area contributed by atoms with Crippen LogP contribution in [0.2, 0.25) is 0 Å². The van der Waals surface area contributed by atoms with Gasteiger partial charge in [0.2, 0.25) is 6.29 Å². The molecule has 0 radical (unpaired) electrons. The first-order chi connectivity index (χ1) is 14.0. The summed E-state index contributed by atoms with van der Waals surface area (Å²) in [6.07, 6.45) is 8.20. The highest BCUT2D eigenvalue weighted by Gasteiger charge is 2.43.